The number of hydrogen-bond acceptors (Lipinski definition) is 2. The highest BCUT2D eigenvalue weighted by Gasteiger charge is 2.16. The van der Waals surface area contributed by atoms with Gasteiger partial charge in [0, 0.05) is 30.5 Å². The van der Waals surface area contributed by atoms with Gasteiger partial charge in [-0.25, -0.2) is 0 Å². The van der Waals surface area contributed by atoms with Gasteiger partial charge in [0.2, 0.25) is 5.91 Å². The van der Waals surface area contributed by atoms with E-state index < -0.39 is 0 Å². The van der Waals surface area contributed by atoms with Crippen LogP contribution in [0.1, 0.15) is 25.8 Å². The molecule has 1 amide bonds. The molecule has 0 bridgehead atoms. The molecule has 0 aliphatic rings. The molecule has 0 saturated heterocycles. The normalized spacial score (nSPS) is 12.6. The molecule has 0 fully saturated rings. The van der Waals surface area contributed by atoms with Crippen LogP contribution >= 0.6 is 15.9 Å². The Labute approximate surface area is 117 Å². The highest BCUT2D eigenvalue weighted by atomic mass is 79.9. The highest BCUT2D eigenvalue weighted by molar-refractivity contribution is 9.10. The third kappa shape index (κ3) is 4.78. The molecule has 0 saturated carbocycles. The Morgan fingerprint density at radius 3 is 2.39 bits per heavy atom. The molecule has 4 heteroatoms. The number of amides is 1. The molecule has 0 radical (unpaired) electrons. The minimum absolute atomic E-state index is 0.0649. The van der Waals surface area contributed by atoms with E-state index in [2.05, 4.69) is 15.9 Å². The molecule has 100 valence electrons. The van der Waals surface area contributed by atoms with Gasteiger partial charge in [-0.1, -0.05) is 41.9 Å². The number of halogens is 1. The summed E-state index contributed by atoms with van der Waals surface area (Å²) in [6, 6.07) is 7.91. The van der Waals surface area contributed by atoms with Crippen LogP contribution in [-0.4, -0.2) is 23.9 Å². The zero-order valence-electron chi connectivity index (χ0n) is 11.2. The number of benzene rings is 1. The number of hydrogen-bond donors (Lipinski definition) is 1. The average Bonchev–Trinajstić information content (AvgIpc) is 2.31. The maximum absolute atomic E-state index is 12.0. The molecular weight excluding hydrogens is 292 g/mol. The fraction of sp³-hybridized carbons (Fsp3) is 0.500. The average molecular weight is 313 g/mol. The van der Waals surface area contributed by atoms with Crippen molar-refractivity contribution in [1.82, 2.24) is 4.90 Å². The van der Waals surface area contributed by atoms with E-state index in [0.717, 1.165) is 10.0 Å². The Balaban J connectivity index is 2.52. The van der Waals surface area contributed by atoms with Crippen LogP contribution in [0.4, 0.5) is 0 Å². The van der Waals surface area contributed by atoms with Crippen molar-refractivity contribution < 1.29 is 4.79 Å². The van der Waals surface area contributed by atoms with Gasteiger partial charge in [-0.15, -0.1) is 0 Å². The Kier molecular flexibility index (Phi) is 5.82. The molecule has 18 heavy (non-hydrogen) atoms. The van der Waals surface area contributed by atoms with Crippen molar-refractivity contribution in [3.05, 3.63) is 34.3 Å². The predicted molar refractivity (Wildman–Crippen MR) is 78.0 cm³/mol. The fourth-order valence-corrected chi connectivity index (χ4v) is 1.81. The third-order valence-electron chi connectivity index (χ3n) is 3.03. The summed E-state index contributed by atoms with van der Waals surface area (Å²) in [6.45, 7) is 4.69. The van der Waals surface area contributed by atoms with Gasteiger partial charge in [0.1, 0.15) is 0 Å². The summed E-state index contributed by atoms with van der Waals surface area (Å²) in [5.74, 6) is 0.425. The first kappa shape index (κ1) is 15.2. The van der Waals surface area contributed by atoms with Crippen molar-refractivity contribution in [2.45, 2.75) is 32.9 Å². The summed E-state index contributed by atoms with van der Waals surface area (Å²) in [5, 5.41) is 0. The van der Waals surface area contributed by atoms with Gasteiger partial charge in [-0.2, -0.15) is 0 Å². The maximum Gasteiger partial charge on any atom is 0.224 e. The molecule has 0 aromatic heterocycles. The van der Waals surface area contributed by atoms with Gasteiger partial charge in [0.05, 0.1) is 0 Å². The quantitative estimate of drug-likeness (QED) is 0.908. The number of carbonyl (C=O) groups excluding carboxylic acids is 1. The lowest BCUT2D eigenvalue weighted by atomic mass is 10.0. The van der Waals surface area contributed by atoms with Crippen molar-refractivity contribution >= 4 is 21.8 Å². The standard InChI is InChI=1S/C14H21BrN2O/c1-10(2)13(16)8-14(18)17(3)9-11-4-6-12(15)7-5-11/h4-7,10,13H,8-9,16H2,1-3H3. The summed E-state index contributed by atoms with van der Waals surface area (Å²) in [7, 11) is 1.82. The second-order valence-electron chi connectivity index (χ2n) is 4.99. The van der Waals surface area contributed by atoms with E-state index in [1.165, 1.54) is 0 Å². The molecule has 2 N–H and O–H groups in total. The van der Waals surface area contributed by atoms with Gasteiger partial charge in [0.25, 0.3) is 0 Å². The van der Waals surface area contributed by atoms with E-state index in [1.807, 2.05) is 45.2 Å². The molecule has 1 aromatic carbocycles. The molecule has 3 nitrogen and oxygen atoms in total. The van der Waals surface area contributed by atoms with Crippen LogP contribution in [0.2, 0.25) is 0 Å². The lowest BCUT2D eigenvalue weighted by Crippen LogP contribution is -2.35. The van der Waals surface area contributed by atoms with Crippen LogP contribution in [0.25, 0.3) is 0 Å². The second-order valence-corrected chi connectivity index (χ2v) is 5.90. The minimum Gasteiger partial charge on any atom is -0.341 e. The number of rotatable bonds is 5. The predicted octanol–water partition coefficient (Wildman–Crippen LogP) is 2.78. The van der Waals surface area contributed by atoms with Gasteiger partial charge >= 0.3 is 0 Å². The van der Waals surface area contributed by atoms with E-state index in [9.17, 15) is 4.79 Å². The van der Waals surface area contributed by atoms with E-state index in [1.54, 1.807) is 4.90 Å². The topological polar surface area (TPSA) is 46.3 Å². The summed E-state index contributed by atoms with van der Waals surface area (Å²) in [6.07, 6.45) is 0.407. The second kappa shape index (κ2) is 6.90. The molecule has 1 rings (SSSR count). The molecular formula is C14H21BrN2O. The van der Waals surface area contributed by atoms with Crippen LogP contribution in [0, 0.1) is 5.92 Å². The van der Waals surface area contributed by atoms with Crippen LogP contribution < -0.4 is 5.73 Å². The van der Waals surface area contributed by atoms with Crippen LogP contribution in [0.15, 0.2) is 28.7 Å². The van der Waals surface area contributed by atoms with Gasteiger partial charge in [-0.3, -0.25) is 4.79 Å². The first-order chi connectivity index (χ1) is 8.40. The third-order valence-corrected chi connectivity index (χ3v) is 3.55. The largest absolute Gasteiger partial charge is 0.341 e. The molecule has 0 spiro atoms. The van der Waals surface area contributed by atoms with Gasteiger partial charge in [0.15, 0.2) is 0 Å². The molecule has 0 heterocycles. The molecule has 0 aliphatic carbocycles. The van der Waals surface area contributed by atoms with Crippen LogP contribution in [0.3, 0.4) is 0 Å². The lowest BCUT2D eigenvalue weighted by molar-refractivity contribution is -0.131. The highest BCUT2D eigenvalue weighted by Crippen LogP contribution is 2.13. The van der Waals surface area contributed by atoms with E-state index in [4.69, 9.17) is 5.73 Å². The van der Waals surface area contributed by atoms with Crippen LogP contribution in [-0.2, 0) is 11.3 Å². The smallest absolute Gasteiger partial charge is 0.224 e. The minimum atomic E-state index is -0.0649. The van der Waals surface area contributed by atoms with E-state index in [0.29, 0.717) is 18.9 Å². The van der Waals surface area contributed by atoms with Crippen molar-refractivity contribution in [3.8, 4) is 0 Å². The zero-order valence-corrected chi connectivity index (χ0v) is 12.8. The summed E-state index contributed by atoms with van der Waals surface area (Å²) < 4.78 is 1.04. The SMILES string of the molecule is CC(C)C(N)CC(=O)N(C)Cc1ccc(Br)cc1. The molecule has 1 unspecified atom stereocenters. The fourth-order valence-electron chi connectivity index (χ4n) is 1.55. The lowest BCUT2D eigenvalue weighted by Gasteiger charge is -2.21. The van der Waals surface area contributed by atoms with Crippen molar-refractivity contribution in [1.29, 1.82) is 0 Å². The number of nitrogens with zero attached hydrogens (tertiary/aromatic N) is 1. The van der Waals surface area contributed by atoms with Gasteiger partial charge < -0.3 is 10.6 Å². The number of nitrogens with two attached hydrogens (primary N) is 1. The Morgan fingerprint density at radius 1 is 1.33 bits per heavy atom. The zero-order chi connectivity index (χ0) is 13.7. The first-order valence-corrected chi connectivity index (χ1v) is 6.93. The van der Waals surface area contributed by atoms with Gasteiger partial charge in [-0.05, 0) is 23.6 Å². The number of carbonyl (C=O) groups is 1. The van der Waals surface area contributed by atoms with Crippen molar-refractivity contribution in [3.63, 3.8) is 0 Å². The Hall–Kier alpha value is -0.870. The van der Waals surface area contributed by atoms with Crippen molar-refractivity contribution in [2.24, 2.45) is 11.7 Å². The maximum atomic E-state index is 12.0. The van der Waals surface area contributed by atoms with Crippen LogP contribution in [0.5, 0.6) is 0 Å². The monoisotopic (exact) mass is 312 g/mol. The van der Waals surface area contributed by atoms with E-state index in [-0.39, 0.29) is 11.9 Å². The first-order valence-electron chi connectivity index (χ1n) is 6.14. The Morgan fingerprint density at radius 2 is 1.89 bits per heavy atom. The molecule has 1 aromatic rings. The molecule has 0 aliphatic heterocycles. The Bertz CT molecular complexity index is 389. The summed E-state index contributed by atoms with van der Waals surface area (Å²) >= 11 is 3.39. The summed E-state index contributed by atoms with van der Waals surface area (Å²) in [4.78, 5) is 13.7. The van der Waals surface area contributed by atoms with E-state index >= 15 is 0 Å². The van der Waals surface area contributed by atoms with Crippen molar-refractivity contribution in [2.75, 3.05) is 7.05 Å². The molecule has 1 atom stereocenters. The summed E-state index contributed by atoms with van der Waals surface area (Å²) in [5.41, 5.74) is 7.03.